The van der Waals surface area contributed by atoms with Crippen LogP contribution < -0.4 is 27.1 Å². The summed E-state index contributed by atoms with van der Waals surface area (Å²) in [5.74, 6) is 0. The van der Waals surface area contributed by atoms with Gasteiger partial charge in [0.25, 0.3) is 0 Å². The van der Waals surface area contributed by atoms with Crippen LogP contribution in [0, 0.1) is 0 Å². The molecule has 0 N–H and O–H groups in total. The summed E-state index contributed by atoms with van der Waals surface area (Å²) in [6.07, 6.45) is 0. The maximum absolute atomic E-state index is 2.26. The first kappa shape index (κ1) is 23.0. The van der Waals surface area contributed by atoms with E-state index < -0.39 is 0 Å². The van der Waals surface area contributed by atoms with E-state index in [4.69, 9.17) is 0 Å². The van der Waals surface area contributed by atoms with Crippen LogP contribution in [0.4, 0.5) is 17.1 Å². The second kappa shape index (κ2) is 9.95. The molecule has 3 nitrogen and oxygen atoms in total. The van der Waals surface area contributed by atoms with Gasteiger partial charge in [-0.15, -0.1) is 0 Å². The highest BCUT2D eigenvalue weighted by molar-refractivity contribution is 7.97. The fraction of sp³-hybridized carbons (Fsp3) is 0.250. The van der Waals surface area contributed by atoms with Crippen LogP contribution in [0.2, 0.25) is 0 Å². The lowest BCUT2D eigenvalue weighted by Crippen LogP contribution is -3.00. The van der Waals surface area contributed by atoms with Crippen LogP contribution in [0.5, 0.6) is 0 Å². The van der Waals surface area contributed by atoms with Gasteiger partial charge in [-0.3, -0.25) is 0 Å². The predicted octanol–water partition coefficient (Wildman–Crippen LogP) is 1.98. The van der Waals surface area contributed by atoms with Gasteiger partial charge in [0.15, 0.2) is 14.7 Å². The van der Waals surface area contributed by atoms with E-state index in [1.807, 2.05) is 0 Å². The van der Waals surface area contributed by atoms with E-state index in [0.29, 0.717) is 0 Å². The molecule has 0 fully saturated rings. The van der Waals surface area contributed by atoms with Crippen LogP contribution >= 0.6 is 0 Å². The smallest absolute Gasteiger partial charge is 0.166 e. The van der Waals surface area contributed by atoms with Crippen molar-refractivity contribution in [2.45, 2.75) is 14.7 Å². The number of halogens is 1. The third-order valence-electron chi connectivity index (χ3n) is 4.77. The molecule has 0 saturated heterocycles. The molecule has 0 unspecified atom stereocenters. The summed E-state index contributed by atoms with van der Waals surface area (Å²) in [5, 5.41) is 0. The van der Waals surface area contributed by atoms with Gasteiger partial charge in [-0.25, -0.2) is 0 Å². The SMILES string of the molecule is CN(C)c1ccc([S+](c2ccc(N(C)C)cc2)c2ccc(N(C)C)cc2)cc1.[Cl-]. The third kappa shape index (κ3) is 5.40. The molecule has 3 rings (SSSR count). The highest BCUT2D eigenvalue weighted by Gasteiger charge is 2.28. The fourth-order valence-corrected chi connectivity index (χ4v) is 5.09. The van der Waals surface area contributed by atoms with Gasteiger partial charge in [0, 0.05) is 59.3 Å². The van der Waals surface area contributed by atoms with Crippen LogP contribution in [0.1, 0.15) is 0 Å². The first-order valence-corrected chi connectivity index (χ1v) is 10.7. The van der Waals surface area contributed by atoms with Crippen molar-refractivity contribution in [2.75, 3.05) is 57.0 Å². The molecule has 0 saturated carbocycles. The van der Waals surface area contributed by atoms with Gasteiger partial charge in [-0.2, -0.15) is 0 Å². The Labute approximate surface area is 184 Å². The maximum atomic E-state index is 2.26. The second-order valence-electron chi connectivity index (χ2n) is 7.47. The Kier molecular flexibility index (Phi) is 7.88. The molecule has 0 aliphatic carbocycles. The number of benzene rings is 3. The third-order valence-corrected chi connectivity index (χ3v) is 7.00. The molecule has 0 aliphatic rings. The topological polar surface area (TPSA) is 9.72 Å². The van der Waals surface area contributed by atoms with E-state index in [9.17, 15) is 0 Å². The van der Waals surface area contributed by atoms with Gasteiger partial charge in [0.05, 0.1) is 10.9 Å². The first-order chi connectivity index (χ1) is 13.4. The van der Waals surface area contributed by atoms with Crippen molar-refractivity contribution in [3.63, 3.8) is 0 Å². The maximum Gasteiger partial charge on any atom is 0.166 e. The summed E-state index contributed by atoms with van der Waals surface area (Å²) in [4.78, 5) is 10.4. The Morgan fingerprint density at radius 1 is 0.414 bits per heavy atom. The molecule has 3 aromatic rings. The lowest BCUT2D eigenvalue weighted by Gasteiger charge is -2.16. The number of nitrogens with zero attached hydrogens (tertiary/aromatic N) is 3. The summed E-state index contributed by atoms with van der Waals surface area (Å²) < 4.78 is 0. The van der Waals surface area contributed by atoms with Crippen molar-refractivity contribution in [3.05, 3.63) is 72.8 Å². The van der Waals surface area contributed by atoms with Gasteiger partial charge in [0.2, 0.25) is 0 Å². The van der Waals surface area contributed by atoms with Crippen molar-refractivity contribution >= 4 is 28.0 Å². The summed E-state index contributed by atoms with van der Waals surface area (Å²) >= 11 is 0. The average molecular weight is 428 g/mol. The Bertz CT molecular complexity index is 766. The molecule has 3 aromatic carbocycles. The highest BCUT2D eigenvalue weighted by atomic mass is 35.5. The Balaban J connectivity index is 0.00000300. The van der Waals surface area contributed by atoms with E-state index in [1.54, 1.807) is 0 Å². The van der Waals surface area contributed by atoms with Gasteiger partial charge in [-0.05, 0) is 72.8 Å². The largest absolute Gasteiger partial charge is 1.00 e. The number of hydrogen-bond donors (Lipinski definition) is 0. The van der Waals surface area contributed by atoms with E-state index in [1.165, 1.54) is 31.7 Å². The van der Waals surface area contributed by atoms with Crippen LogP contribution in [0.3, 0.4) is 0 Å². The van der Waals surface area contributed by atoms with Gasteiger partial charge in [-0.1, -0.05) is 0 Å². The molecular formula is C24H30ClN3S. The van der Waals surface area contributed by atoms with Crippen molar-refractivity contribution in [1.82, 2.24) is 0 Å². The van der Waals surface area contributed by atoms with Crippen molar-refractivity contribution in [1.29, 1.82) is 0 Å². The van der Waals surface area contributed by atoms with Crippen LogP contribution in [0.25, 0.3) is 0 Å². The Morgan fingerprint density at radius 2 is 0.621 bits per heavy atom. The zero-order valence-corrected chi connectivity index (χ0v) is 19.6. The Hall–Kier alpha value is -2.30. The monoisotopic (exact) mass is 427 g/mol. The first-order valence-electron chi connectivity index (χ1n) is 9.43. The number of rotatable bonds is 6. The molecule has 0 bridgehead atoms. The van der Waals surface area contributed by atoms with E-state index in [0.717, 1.165) is 0 Å². The molecule has 0 spiro atoms. The minimum absolute atomic E-state index is 0. The summed E-state index contributed by atoms with van der Waals surface area (Å²) in [6, 6.07) is 26.8. The second-order valence-corrected chi connectivity index (χ2v) is 9.50. The summed E-state index contributed by atoms with van der Waals surface area (Å²) in [7, 11) is 12.3. The standard InChI is InChI=1S/C24H30N3S.ClH/c1-25(2)19-7-13-22(14-8-19)28(23-15-9-20(10-16-23)26(3)4)24-17-11-21(12-18-24)27(5)6;/h7-18H,1-6H3;1H/q+1;/p-1. The van der Waals surface area contributed by atoms with Gasteiger partial charge in [0.1, 0.15) is 0 Å². The van der Waals surface area contributed by atoms with E-state index in [-0.39, 0.29) is 23.3 Å². The lowest BCUT2D eigenvalue weighted by atomic mass is 10.3. The summed E-state index contributed by atoms with van der Waals surface area (Å²) in [5.41, 5.74) is 3.66. The molecule has 0 heterocycles. The van der Waals surface area contributed by atoms with E-state index in [2.05, 4.69) is 130 Å². The van der Waals surface area contributed by atoms with Crippen molar-refractivity contribution in [2.24, 2.45) is 0 Å². The molecule has 0 atom stereocenters. The Morgan fingerprint density at radius 3 is 0.793 bits per heavy atom. The number of anilines is 3. The minimum atomic E-state index is -0.135. The highest BCUT2D eigenvalue weighted by Crippen LogP contribution is 2.33. The quantitative estimate of drug-likeness (QED) is 0.557. The average Bonchev–Trinajstić information content (AvgIpc) is 2.69. The van der Waals surface area contributed by atoms with Crippen LogP contribution in [-0.2, 0) is 10.9 Å². The van der Waals surface area contributed by atoms with Gasteiger partial charge >= 0.3 is 0 Å². The minimum Gasteiger partial charge on any atom is -1.00 e. The van der Waals surface area contributed by atoms with Gasteiger partial charge < -0.3 is 27.1 Å². The van der Waals surface area contributed by atoms with Crippen LogP contribution in [-0.4, -0.2) is 42.3 Å². The molecule has 0 aromatic heterocycles. The molecular weight excluding hydrogens is 398 g/mol. The summed E-state index contributed by atoms with van der Waals surface area (Å²) in [6.45, 7) is 0. The van der Waals surface area contributed by atoms with Crippen molar-refractivity contribution < 1.29 is 12.4 Å². The zero-order chi connectivity index (χ0) is 20.3. The van der Waals surface area contributed by atoms with Crippen molar-refractivity contribution in [3.8, 4) is 0 Å². The molecule has 154 valence electrons. The normalized spacial score (nSPS) is 10.4. The number of hydrogen-bond acceptors (Lipinski definition) is 3. The van der Waals surface area contributed by atoms with E-state index >= 15 is 0 Å². The molecule has 29 heavy (non-hydrogen) atoms. The zero-order valence-electron chi connectivity index (χ0n) is 18.1. The van der Waals surface area contributed by atoms with Crippen LogP contribution in [0.15, 0.2) is 87.5 Å². The predicted molar refractivity (Wildman–Crippen MR) is 124 cm³/mol. The molecule has 0 aliphatic heterocycles. The molecule has 5 heteroatoms. The molecule has 0 amide bonds. The lowest BCUT2D eigenvalue weighted by molar-refractivity contribution is -0.00000583. The molecule has 0 radical (unpaired) electrons. The fourth-order valence-electron chi connectivity index (χ4n) is 3.05.